The minimum Gasteiger partial charge on any atom is -0.378 e. The van der Waals surface area contributed by atoms with Gasteiger partial charge >= 0.3 is 0 Å². The summed E-state index contributed by atoms with van der Waals surface area (Å²) in [6, 6.07) is 16.3. The first-order valence-electron chi connectivity index (χ1n) is 13.1. The lowest BCUT2D eigenvalue weighted by Crippen LogP contribution is -2.36. The number of hydrogen-bond acceptors (Lipinski definition) is 5. The van der Waals surface area contributed by atoms with Crippen LogP contribution in [0.25, 0.3) is 22.3 Å². The number of carbonyl (C=O) groups is 2. The largest absolute Gasteiger partial charge is 0.378 e. The number of pyridine rings is 1. The van der Waals surface area contributed by atoms with Crippen molar-refractivity contribution in [1.82, 2.24) is 4.98 Å². The van der Waals surface area contributed by atoms with Crippen LogP contribution in [0.1, 0.15) is 37.5 Å². The van der Waals surface area contributed by atoms with Crippen LogP contribution >= 0.6 is 11.6 Å². The first-order valence-corrected chi connectivity index (χ1v) is 13.5. The van der Waals surface area contributed by atoms with E-state index in [1.165, 1.54) is 11.1 Å². The Labute approximate surface area is 234 Å². The zero-order chi connectivity index (χ0) is 27.5. The number of fused-ring (bicyclic) bond motifs is 4. The smallest absolute Gasteiger partial charge is 0.267 e. The standard InChI is InChI=1S/C31H24ClFN4O3/c32-19-5-4-17-16-37(31(39)23(17)14-19)26-3-1-2-22(28(26)33)25-15-35-29(30(34)38)24-13-18-12-20(6-7-21(18)27(24)25)36-8-10-40-11-9-36/h1-7,12,14-15H,8-11,13,16H2,(H2,34,38). The zero-order valence-corrected chi connectivity index (χ0v) is 22.2. The molecule has 1 saturated heterocycles. The van der Waals surface area contributed by atoms with Gasteiger partial charge in [0.25, 0.3) is 11.8 Å². The highest BCUT2D eigenvalue weighted by atomic mass is 35.5. The predicted molar refractivity (Wildman–Crippen MR) is 151 cm³/mol. The molecular weight excluding hydrogens is 531 g/mol. The van der Waals surface area contributed by atoms with Crippen LogP contribution in [0.4, 0.5) is 15.8 Å². The number of morpholine rings is 1. The second-order valence-corrected chi connectivity index (χ2v) is 10.6. The maximum atomic E-state index is 16.3. The minimum atomic E-state index is -0.627. The molecule has 7 nitrogen and oxygen atoms in total. The van der Waals surface area contributed by atoms with Gasteiger partial charge in [-0.3, -0.25) is 14.6 Å². The van der Waals surface area contributed by atoms with Gasteiger partial charge in [0.05, 0.1) is 25.4 Å². The Kier molecular flexibility index (Phi) is 5.83. The summed E-state index contributed by atoms with van der Waals surface area (Å²) in [6.45, 7) is 3.19. The molecule has 4 aromatic rings. The van der Waals surface area contributed by atoms with Crippen molar-refractivity contribution in [2.24, 2.45) is 5.73 Å². The van der Waals surface area contributed by atoms with Crippen molar-refractivity contribution < 1.29 is 18.7 Å². The third-order valence-corrected chi connectivity index (χ3v) is 8.19. The fraction of sp³-hybridized carbons (Fsp3) is 0.194. The summed E-state index contributed by atoms with van der Waals surface area (Å²) < 4.78 is 21.8. The van der Waals surface area contributed by atoms with Crippen molar-refractivity contribution in [1.29, 1.82) is 0 Å². The van der Waals surface area contributed by atoms with Crippen LogP contribution < -0.4 is 15.5 Å². The predicted octanol–water partition coefficient (Wildman–Crippen LogP) is 5.21. The molecule has 0 unspecified atom stereocenters. The van der Waals surface area contributed by atoms with Crippen molar-refractivity contribution in [2.75, 3.05) is 36.1 Å². The number of aromatic nitrogens is 1. The maximum Gasteiger partial charge on any atom is 0.267 e. The molecule has 200 valence electrons. The molecule has 0 atom stereocenters. The Hall–Kier alpha value is -4.27. The summed E-state index contributed by atoms with van der Waals surface area (Å²) in [6.07, 6.45) is 1.97. The first-order chi connectivity index (χ1) is 19.4. The fourth-order valence-electron chi connectivity index (χ4n) is 6.03. The second-order valence-electron chi connectivity index (χ2n) is 10.2. The number of anilines is 2. The molecule has 9 heteroatoms. The van der Waals surface area contributed by atoms with Gasteiger partial charge in [-0.05, 0) is 58.1 Å². The fourth-order valence-corrected chi connectivity index (χ4v) is 6.20. The lowest BCUT2D eigenvalue weighted by atomic mass is 9.94. The van der Waals surface area contributed by atoms with E-state index in [1.807, 2.05) is 12.1 Å². The van der Waals surface area contributed by atoms with Gasteiger partial charge in [0, 0.05) is 53.1 Å². The van der Waals surface area contributed by atoms with Crippen molar-refractivity contribution >= 4 is 34.8 Å². The number of hydrogen-bond donors (Lipinski definition) is 1. The SMILES string of the molecule is NC(=O)c1ncc(-c2cccc(N3Cc4ccc(Cl)cc4C3=O)c2F)c2c1Cc1cc(N3CCOCC3)ccc1-2. The molecule has 0 spiro atoms. The van der Waals surface area contributed by atoms with Gasteiger partial charge in [-0.25, -0.2) is 4.39 Å². The third-order valence-electron chi connectivity index (χ3n) is 7.95. The highest BCUT2D eigenvalue weighted by molar-refractivity contribution is 6.31. The van der Waals surface area contributed by atoms with E-state index in [0.717, 1.165) is 41.0 Å². The van der Waals surface area contributed by atoms with E-state index in [0.29, 0.717) is 46.9 Å². The van der Waals surface area contributed by atoms with Gasteiger partial charge in [-0.2, -0.15) is 0 Å². The van der Waals surface area contributed by atoms with E-state index in [1.54, 1.807) is 36.4 Å². The monoisotopic (exact) mass is 554 g/mol. The summed E-state index contributed by atoms with van der Waals surface area (Å²) in [4.78, 5) is 33.6. The number of primary amides is 1. The van der Waals surface area contributed by atoms with E-state index in [2.05, 4.69) is 16.0 Å². The molecule has 3 heterocycles. The average molecular weight is 555 g/mol. The molecule has 40 heavy (non-hydrogen) atoms. The Bertz CT molecular complexity index is 1730. The highest BCUT2D eigenvalue weighted by Gasteiger charge is 2.33. The van der Waals surface area contributed by atoms with Crippen molar-refractivity contribution in [2.45, 2.75) is 13.0 Å². The van der Waals surface area contributed by atoms with Gasteiger partial charge in [0.2, 0.25) is 0 Å². The third kappa shape index (κ3) is 3.86. The molecule has 2 amide bonds. The number of carbonyl (C=O) groups excluding carboxylic acids is 2. The molecule has 0 radical (unpaired) electrons. The van der Waals surface area contributed by atoms with Crippen LogP contribution in [-0.2, 0) is 17.7 Å². The number of nitrogens with two attached hydrogens (primary N) is 1. The van der Waals surface area contributed by atoms with E-state index >= 15 is 4.39 Å². The van der Waals surface area contributed by atoms with Gasteiger partial charge in [0.1, 0.15) is 5.69 Å². The van der Waals surface area contributed by atoms with E-state index in [4.69, 9.17) is 22.1 Å². The number of benzene rings is 3. The van der Waals surface area contributed by atoms with Gasteiger partial charge < -0.3 is 20.3 Å². The molecule has 1 aliphatic carbocycles. The van der Waals surface area contributed by atoms with Crippen LogP contribution in [0.3, 0.4) is 0 Å². The minimum absolute atomic E-state index is 0.170. The number of amides is 2. The molecule has 0 saturated carbocycles. The summed E-state index contributed by atoms with van der Waals surface area (Å²) in [5.41, 5.74) is 12.6. The van der Waals surface area contributed by atoms with E-state index in [9.17, 15) is 9.59 Å². The van der Waals surface area contributed by atoms with Gasteiger partial charge in [-0.15, -0.1) is 0 Å². The first kappa shape index (κ1) is 24.7. The lowest BCUT2D eigenvalue weighted by molar-refractivity contribution is 0.0987. The van der Waals surface area contributed by atoms with Crippen molar-refractivity contribution in [3.63, 3.8) is 0 Å². The van der Waals surface area contributed by atoms with E-state index < -0.39 is 11.7 Å². The van der Waals surface area contributed by atoms with Crippen molar-refractivity contribution in [3.8, 4) is 22.3 Å². The number of ether oxygens (including phenoxy) is 1. The Morgan fingerprint density at radius 2 is 1.80 bits per heavy atom. The molecule has 2 aliphatic heterocycles. The summed E-state index contributed by atoms with van der Waals surface area (Å²) in [7, 11) is 0. The molecule has 7 rings (SSSR count). The Balaban J connectivity index is 1.33. The van der Waals surface area contributed by atoms with Crippen LogP contribution in [-0.4, -0.2) is 43.1 Å². The number of nitrogens with zero attached hydrogens (tertiary/aromatic N) is 3. The summed E-state index contributed by atoms with van der Waals surface area (Å²) in [5.74, 6) is -1.47. The second kappa shape index (κ2) is 9.43. The maximum absolute atomic E-state index is 16.3. The lowest BCUT2D eigenvalue weighted by Gasteiger charge is -2.29. The van der Waals surface area contributed by atoms with Crippen LogP contribution in [0.5, 0.6) is 0 Å². The van der Waals surface area contributed by atoms with Crippen LogP contribution in [0.2, 0.25) is 5.02 Å². The molecule has 1 aromatic heterocycles. The van der Waals surface area contributed by atoms with E-state index in [-0.39, 0.29) is 23.8 Å². The van der Waals surface area contributed by atoms with Gasteiger partial charge in [-0.1, -0.05) is 35.9 Å². The molecule has 0 bridgehead atoms. The Morgan fingerprint density at radius 3 is 2.60 bits per heavy atom. The average Bonchev–Trinajstić information content (AvgIpc) is 3.50. The summed E-state index contributed by atoms with van der Waals surface area (Å²) >= 11 is 6.11. The number of rotatable bonds is 4. The zero-order valence-electron chi connectivity index (χ0n) is 21.4. The van der Waals surface area contributed by atoms with Crippen LogP contribution in [0, 0.1) is 5.82 Å². The molecule has 1 fully saturated rings. The number of halogens is 2. The van der Waals surface area contributed by atoms with Crippen molar-refractivity contribution in [3.05, 3.63) is 99.6 Å². The van der Waals surface area contributed by atoms with Gasteiger partial charge in [0.15, 0.2) is 5.82 Å². The molecule has 3 aromatic carbocycles. The Morgan fingerprint density at radius 1 is 0.975 bits per heavy atom. The topological polar surface area (TPSA) is 88.8 Å². The van der Waals surface area contributed by atoms with Crippen LogP contribution in [0.15, 0.2) is 60.8 Å². The molecular formula is C31H24ClFN4O3. The molecule has 3 aliphatic rings. The quantitative estimate of drug-likeness (QED) is 0.329. The normalized spacial score (nSPS) is 15.7. The molecule has 2 N–H and O–H groups in total. The highest BCUT2D eigenvalue weighted by Crippen LogP contribution is 2.46. The summed E-state index contributed by atoms with van der Waals surface area (Å²) in [5, 5.41) is 0.454.